The van der Waals surface area contributed by atoms with Crippen LogP contribution in [-0.4, -0.2) is 24.0 Å². The Morgan fingerprint density at radius 3 is 2.82 bits per heavy atom. The van der Waals surface area contributed by atoms with E-state index in [-0.39, 0.29) is 54.2 Å². The molecular formula is C18H16O4. The molecule has 112 valence electrons. The summed E-state index contributed by atoms with van der Waals surface area (Å²) in [6, 6.07) is 3.97. The van der Waals surface area contributed by atoms with E-state index < -0.39 is 5.41 Å². The predicted octanol–water partition coefficient (Wildman–Crippen LogP) is 2.30. The van der Waals surface area contributed by atoms with Gasteiger partial charge >= 0.3 is 5.97 Å². The number of fused-ring (bicyclic) bond motifs is 2. The highest BCUT2D eigenvalue weighted by Gasteiger charge is 2.77. The summed E-state index contributed by atoms with van der Waals surface area (Å²) in [6.07, 6.45) is 0.0970. The lowest BCUT2D eigenvalue weighted by Gasteiger charge is -2.57. The molecule has 4 nitrogen and oxygen atoms in total. The lowest BCUT2D eigenvalue weighted by Crippen LogP contribution is -2.65. The Kier molecular flexibility index (Phi) is 1.70. The molecule has 7 atom stereocenters. The van der Waals surface area contributed by atoms with Crippen molar-refractivity contribution in [2.24, 2.45) is 17.3 Å². The molecule has 4 fully saturated rings. The van der Waals surface area contributed by atoms with Crippen molar-refractivity contribution in [3.63, 3.8) is 0 Å². The van der Waals surface area contributed by atoms with Gasteiger partial charge in [0.15, 0.2) is 5.78 Å². The summed E-state index contributed by atoms with van der Waals surface area (Å²) in [7, 11) is 0. The molecule has 1 spiro atoms. The Morgan fingerprint density at radius 1 is 1.18 bits per heavy atom. The largest absolute Gasteiger partial charge is 0.459 e. The lowest BCUT2D eigenvalue weighted by atomic mass is 9.49. The van der Waals surface area contributed by atoms with Crippen LogP contribution >= 0.6 is 0 Å². The van der Waals surface area contributed by atoms with Gasteiger partial charge in [-0.3, -0.25) is 9.59 Å². The fourth-order valence-electron chi connectivity index (χ4n) is 6.22. The molecule has 0 aromatic heterocycles. The van der Waals surface area contributed by atoms with Crippen molar-refractivity contribution in [1.82, 2.24) is 0 Å². The first kappa shape index (κ1) is 11.8. The second kappa shape index (κ2) is 3.16. The van der Waals surface area contributed by atoms with E-state index in [1.807, 2.05) is 12.1 Å². The Bertz CT molecular complexity index is 797. The van der Waals surface area contributed by atoms with Crippen LogP contribution < -0.4 is 0 Å². The maximum absolute atomic E-state index is 12.8. The quantitative estimate of drug-likeness (QED) is 0.689. The molecule has 0 N–H and O–H groups in total. The highest BCUT2D eigenvalue weighted by atomic mass is 16.6. The molecule has 0 radical (unpaired) electrons. The molecule has 0 unspecified atom stereocenters. The normalized spacial score (nSPS) is 48.8. The first-order chi connectivity index (χ1) is 10.6. The van der Waals surface area contributed by atoms with Gasteiger partial charge in [0.2, 0.25) is 0 Å². The summed E-state index contributed by atoms with van der Waals surface area (Å²) < 4.78 is 12.1. The minimum absolute atomic E-state index is 0.00160. The zero-order valence-electron chi connectivity index (χ0n) is 12.5. The minimum atomic E-state index is -0.692. The van der Waals surface area contributed by atoms with E-state index in [2.05, 4.69) is 13.8 Å². The Labute approximate surface area is 127 Å². The maximum atomic E-state index is 12.8. The van der Waals surface area contributed by atoms with Gasteiger partial charge < -0.3 is 9.47 Å². The molecular weight excluding hydrogens is 280 g/mol. The van der Waals surface area contributed by atoms with Crippen LogP contribution in [0.2, 0.25) is 0 Å². The van der Waals surface area contributed by atoms with Crippen LogP contribution in [0.25, 0.3) is 0 Å². The second-order valence-corrected chi connectivity index (χ2v) is 7.63. The van der Waals surface area contributed by atoms with Crippen molar-refractivity contribution in [3.05, 3.63) is 34.4 Å². The van der Waals surface area contributed by atoms with Gasteiger partial charge in [-0.05, 0) is 23.6 Å². The van der Waals surface area contributed by atoms with Crippen LogP contribution in [0.3, 0.4) is 0 Å². The van der Waals surface area contributed by atoms with Crippen LogP contribution in [0, 0.1) is 24.2 Å². The molecule has 4 heteroatoms. The van der Waals surface area contributed by atoms with E-state index in [4.69, 9.17) is 9.47 Å². The van der Waals surface area contributed by atoms with Crippen LogP contribution in [0.1, 0.15) is 52.4 Å². The number of esters is 1. The average molecular weight is 296 g/mol. The third-order valence-electron chi connectivity index (χ3n) is 7.08. The van der Waals surface area contributed by atoms with Crippen molar-refractivity contribution in [2.75, 3.05) is 0 Å². The van der Waals surface area contributed by atoms with E-state index in [0.29, 0.717) is 0 Å². The van der Waals surface area contributed by atoms with Gasteiger partial charge in [0.25, 0.3) is 0 Å². The molecule has 0 amide bonds. The number of ketones is 1. The molecule has 3 saturated heterocycles. The van der Waals surface area contributed by atoms with Gasteiger partial charge in [0, 0.05) is 29.7 Å². The molecule has 3 aliphatic heterocycles. The standard InChI is InChI=1S/C18H16O4/c1-6-3-4-8-9(19)5-18-7(2)14-16(22-17(18)20)12-13(18)11(8)10(6)15(12)21-14/h3-4,7,12-16H,5H2,1-2H3/t7-,12-,13-,14-,15+,16-,18-/m1/s1. The van der Waals surface area contributed by atoms with Crippen molar-refractivity contribution in [3.8, 4) is 0 Å². The van der Waals surface area contributed by atoms with Crippen LogP contribution in [0.15, 0.2) is 12.1 Å². The number of benzene rings is 1. The molecule has 22 heavy (non-hydrogen) atoms. The van der Waals surface area contributed by atoms with Crippen LogP contribution in [0.5, 0.6) is 0 Å². The van der Waals surface area contributed by atoms with E-state index in [1.165, 1.54) is 11.1 Å². The second-order valence-electron chi connectivity index (χ2n) is 7.63. The summed E-state index contributed by atoms with van der Waals surface area (Å²) in [5.41, 5.74) is 3.57. The fourth-order valence-corrected chi connectivity index (χ4v) is 6.22. The summed E-state index contributed by atoms with van der Waals surface area (Å²) in [5.74, 6) is 0.300. The zero-order chi connectivity index (χ0) is 15.0. The van der Waals surface area contributed by atoms with Gasteiger partial charge in [0.05, 0.1) is 17.6 Å². The van der Waals surface area contributed by atoms with Gasteiger partial charge in [-0.2, -0.15) is 0 Å². The Hall–Kier alpha value is -1.68. The topological polar surface area (TPSA) is 52.6 Å². The number of rotatable bonds is 0. The van der Waals surface area contributed by atoms with Crippen LogP contribution in [0.4, 0.5) is 0 Å². The van der Waals surface area contributed by atoms with Gasteiger partial charge in [-0.25, -0.2) is 0 Å². The maximum Gasteiger partial charge on any atom is 0.313 e. The van der Waals surface area contributed by atoms with E-state index in [0.717, 1.165) is 11.1 Å². The molecule has 3 heterocycles. The third-order valence-corrected chi connectivity index (χ3v) is 7.08. The molecule has 1 aromatic rings. The molecule has 7 rings (SSSR count). The van der Waals surface area contributed by atoms with Crippen molar-refractivity contribution >= 4 is 11.8 Å². The van der Waals surface area contributed by atoms with Crippen molar-refractivity contribution in [2.45, 2.75) is 44.5 Å². The molecule has 4 bridgehead atoms. The zero-order valence-corrected chi connectivity index (χ0v) is 12.5. The number of ether oxygens (including phenoxy) is 2. The molecule has 1 saturated carbocycles. The minimum Gasteiger partial charge on any atom is -0.459 e. The Balaban J connectivity index is 1.78. The van der Waals surface area contributed by atoms with Gasteiger partial charge in [0.1, 0.15) is 6.10 Å². The summed E-state index contributed by atoms with van der Waals surface area (Å²) in [6.45, 7) is 4.15. The summed E-state index contributed by atoms with van der Waals surface area (Å²) in [4.78, 5) is 25.5. The van der Waals surface area contributed by atoms with E-state index in [9.17, 15) is 9.59 Å². The molecule has 3 aliphatic carbocycles. The number of carbonyl (C=O) groups excluding carboxylic acids is 2. The van der Waals surface area contributed by atoms with Gasteiger partial charge in [-0.1, -0.05) is 19.1 Å². The first-order valence-corrected chi connectivity index (χ1v) is 8.09. The van der Waals surface area contributed by atoms with Crippen LogP contribution in [-0.2, 0) is 14.3 Å². The highest BCUT2D eigenvalue weighted by molar-refractivity contribution is 6.04. The first-order valence-electron chi connectivity index (χ1n) is 8.09. The van der Waals surface area contributed by atoms with Gasteiger partial charge in [-0.15, -0.1) is 0 Å². The average Bonchev–Trinajstić information content (AvgIpc) is 2.97. The van der Waals surface area contributed by atoms with Crippen molar-refractivity contribution in [1.29, 1.82) is 0 Å². The van der Waals surface area contributed by atoms with E-state index >= 15 is 0 Å². The fraction of sp³-hybridized carbons (Fsp3) is 0.556. The number of carbonyl (C=O) groups is 2. The van der Waals surface area contributed by atoms with E-state index in [1.54, 1.807) is 0 Å². The lowest BCUT2D eigenvalue weighted by molar-refractivity contribution is -0.213. The predicted molar refractivity (Wildman–Crippen MR) is 75.4 cm³/mol. The highest BCUT2D eigenvalue weighted by Crippen LogP contribution is 2.74. The molecule has 1 aromatic carbocycles. The summed E-state index contributed by atoms with van der Waals surface area (Å²) in [5, 5.41) is 0. The number of hydrogen-bond acceptors (Lipinski definition) is 4. The van der Waals surface area contributed by atoms with Crippen molar-refractivity contribution < 1.29 is 19.1 Å². The number of hydrogen-bond donors (Lipinski definition) is 0. The summed E-state index contributed by atoms with van der Waals surface area (Å²) >= 11 is 0. The molecule has 6 aliphatic rings. The SMILES string of the molecule is Cc1ccc2c3c1[C@@H]1O[C@H]4[C@@H]5OC(=O)[C@](CC2=O)([C@@H]4C)[C@H]3[C@@H]51. The number of aryl methyl sites for hydroxylation is 1. The smallest absolute Gasteiger partial charge is 0.313 e. The third kappa shape index (κ3) is 0.896. The monoisotopic (exact) mass is 296 g/mol. The Morgan fingerprint density at radius 2 is 2.00 bits per heavy atom. The number of Topliss-reactive ketones (excluding diaryl/α,β-unsaturated/α-hetero) is 1.